The summed E-state index contributed by atoms with van der Waals surface area (Å²) in [4.78, 5) is 19.8. The lowest BCUT2D eigenvalue weighted by Crippen LogP contribution is -2.42. The van der Waals surface area contributed by atoms with Gasteiger partial charge in [0.15, 0.2) is 0 Å². The fourth-order valence-corrected chi connectivity index (χ4v) is 6.36. The Hall–Kier alpha value is -3.43. The van der Waals surface area contributed by atoms with E-state index in [1.807, 2.05) is 20.8 Å². The lowest BCUT2D eigenvalue weighted by atomic mass is 9.92. The number of carbonyl (C=O) groups excluding carboxylic acids is 1. The standard InChI is InChI=1S/C30H32ClFN4O4/c1-4-38-22-9-6-20(7-10-22)35-26-12-5-19(28-17(2)34-40-18(28)3)15-25(26)33-29(35)27-13-14-39-30(37)36(27)21-8-11-23(31)24(32)16-21/h5,8,11-12,15-16,20,22,27H,4,6-7,9-10,13-14H2,1-3H3/t20-,22-,27-/m0/s1. The summed E-state index contributed by atoms with van der Waals surface area (Å²) in [6, 6.07) is 10.3. The number of halogens is 2. The normalized spacial score (nSPS) is 21.7. The van der Waals surface area contributed by atoms with Gasteiger partial charge in [-0.05, 0) is 82.3 Å². The molecule has 0 radical (unpaired) electrons. The number of ether oxygens (including phenoxy) is 2. The molecule has 10 heteroatoms. The van der Waals surface area contributed by atoms with Crippen molar-refractivity contribution < 1.29 is 23.2 Å². The molecule has 1 amide bonds. The number of hydrogen-bond donors (Lipinski definition) is 0. The summed E-state index contributed by atoms with van der Waals surface area (Å²) >= 11 is 5.96. The lowest BCUT2D eigenvalue weighted by Gasteiger charge is -2.37. The first kappa shape index (κ1) is 26.8. The maximum atomic E-state index is 14.5. The smallest absolute Gasteiger partial charge is 0.414 e. The largest absolute Gasteiger partial charge is 0.449 e. The Labute approximate surface area is 237 Å². The molecule has 3 heterocycles. The molecule has 1 atom stereocenters. The second-order valence-electron chi connectivity index (χ2n) is 10.5. The number of rotatable bonds is 6. The number of benzene rings is 2. The summed E-state index contributed by atoms with van der Waals surface area (Å²) < 4.78 is 33.6. The second-order valence-corrected chi connectivity index (χ2v) is 10.9. The molecule has 0 bridgehead atoms. The van der Waals surface area contributed by atoms with Gasteiger partial charge in [-0.25, -0.2) is 14.2 Å². The maximum Gasteiger partial charge on any atom is 0.414 e. The molecule has 210 valence electrons. The highest BCUT2D eigenvalue weighted by atomic mass is 35.5. The Morgan fingerprint density at radius 1 is 1.10 bits per heavy atom. The Kier molecular flexibility index (Phi) is 7.27. The van der Waals surface area contributed by atoms with Crippen molar-refractivity contribution in [3.8, 4) is 11.1 Å². The van der Waals surface area contributed by atoms with Crippen LogP contribution in [0.3, 0.4) is 0 Å². The predicted molar refractivity (Wildman–Crippen MR) is 150 cm³/mol. The van der Waals surface area contributed by atoms with Crippen LogP contribution in [0.15, 0.2) is 40.9 Å². The van der Waals surface area contributed by atoms with Crippen LogP contribution in [-0.4, -0.2) is 40.1 Å². The molecule has 4 aromatic rings. The van der Waals surface area contributed by atoms with Crippen molar-refractivity contribution >= 4 is 34.4 Å². The van der Waals surface area contributed by atoms with Gasteiger partial charge in [-0.15, -0.1) is 0 Å². The zero-order valence-electron chi connectivity index (χ0n) is 22.8. The summed E-state index contributed by atoms with van der Waals surface area (Å²) in [5, 5.41) is 4.12. The van der Waals surface area contributed by atoms with Crippen molar-refractivity contribution in [3.05, 3.63) is 64.5 Å². The zero-order chi connectivity index (χ0) is 28.0. The third-order valence-corrected chi connectivity index (χ3v) is 8.36. The molecule has 1 saturated heterocycles. The summed E-state index contributed by atoms with van der Waals surface area (Å²) in [6.45, 7) is 6.81. The first-order valence-corrected chi connectivity index (χ1v) is 14.2. The van der Waals surface area contributed by atoms with Crippen LogP contribution < -0.4 is 4.90 Å². The highest BCUT2D eigenvalue weighted by Crippen LogP contribution is 2.41. The highest BCUT2D eigenvalue weighted by molar-refractivity contribution is 6.30. The first-order chi connectivity index (χ1) is 19.4. The minimum absolute atomic E-state index is 0.00386. The van der Waals surface area contributed by atoms with Crippen LogP contribution in [0.1, 0.15) is 68.4 Å². The monoisotopic (exact) mass is 566 g/mol. The average molecular weight is 567 g/mol. The first-order valence-electron chi connectivity index (χ1n) is 13.8. The molecule has 0 unspecified atom stereocenters. The third kappa shape index (κ3) is 4.75. The molecule has 0 N–H and O–H groups in total. The van der Waals surface area contributed by atoms with Gasteiger partial charge < -0.3 is 18.6 Å². The number of aromatic nitrogens is 3. The number of imidazole rings is 1. The van der Waals surface area contributed by atoms with E-state index in [9.17, 15) is 9.18 Å². The zero-order valence-corrected chi connectivity index (χ0v) is 23.6. The van der Waals surface area contributed by atoms with Gasteiger partial charge in [0.2, 0.25) is 0 Å². The van der Waals surface area contributed by atoms with Crippen LogP contribution >= 0.6 is 11.6 Å². The van der Waals surface area contributed by atoms with Gasteiger partial charge in [0.1, 0.15) is 23.4 Å². The number of cyclic esters (lactones) is 1. The van der Waals surface area contributed by atoms with Gasteiger partial charge in [0, 0.05) is 24.6 Å². The summed E-state index contributed by atoms with van der Waals surface area (Å²) in [6.07, 6.45) is 4.01. The van der Waals surface area contributed by atoms with Crippen LogP contribution in [0.25, 0.3) is 22.2 Å². The molecule has 8 nitrogen and oxygen atoms in total. The van der Waals surface area contributed by atoms with Crippen LogP contribution in [-0.2, 0) is 9.47 Å². The maximum absolute atomic E-state index is 14.5. The van der Waals surface area contributed by atoms with E-state index in [0.29, 0.717) is 18.7 Å². The van der Waals surface area contributed by atoms with Crippen molar-refractivity contribution in [1.82, 2.24) is 14.7 Å². The summed E-state index contributed by atoms with van der Waals surface area (Å²) in [5.41, 5.74) is 4.94. The Bertz CT molecular complexity index is 1540. The molecular formula is C30H32ClFN4O4. The van der Waals surface area contributed by atoms with Crippen LogP contribution in [0.2, 0.25) is 5.02 Å². The molecule has 2 aliphatic rings. The minimum atomic E-state index is -0.594. The van der Waals surface area contributed by atoms with E-state index in [1.165, 1.54) is 17.0 Å². The Morgan fingerprint density at radius 2 is 1.90 bits per heavy atom. The third-order valence-electron chi connectivity index (χ3n) is 8.05. The number of nitrogens with zero attached hydrogens (tertiary/aromatic N) is 4. The highest BCUT2D eigenvalue weighted by Gasteiger charge is 2.38. The van der Waals surface area contributed by atoms with Gasteiger partial charge in [-0.1, -0.05) is 22.8 Å². The van der Waals surface area contributed by atoms with Gasteiger partial charge in [0.25, 0.3) is 0 Å². The molecule has 0 spiro atoms. The van der Waals surface area contributed by atoms with Gasteiger partial charge in [-0.2, -0.15) is 0 Å². The molecule has 1 aliphatic heterocycles. The topological polar surface area (TPSA) is 82.6 Å². The van der Waals surface area contributed by atoms with Crippen LogP contribution in [0.4, 0.5) is 14.9 Å². The van der Waals surface area contributed by atoms with Crippen molar-refractivity contribution in [2.45, 2.75) is 71.1 Å². The van der Waals surface area contributed by atoms with Crippen molar-refractivity contribution in [1.29, 1.82) is 0 Å². The average Bonchev–Trinajstić information content (AvgIpc) is 3.49. The van der Waals surface area contributed by atoms with Crippen LogP contribution in [0, 0.1) is 19.7 Å². The number of hydrogen-bond acceptors (Lipinski definition) is 6. The minimum Gasteiger partial charge on any atom is -0.449 e. The lowest BCUT2D eigenvalue weighted by molar-refractivity contribution is 0.0270. The van der Waals surface area contributed by atoms with Gasteiger partial charge >= 0.3 is 6.09 Å². The Balaban J connectivity index is 1.48. The second kappa shape index (κ2) is 10.9. The number of carbonyl (C=O) groups is 1. The van der Waals surface area contributed by atoms with Crippen molar-refractivity contribution in [2.75, 3.05) is 18.1 Å². The SMILES string of the molecule is CCO[C@H]1CC[C@H](n2c([C@@H]3CCOC(=O)N3c3ccc(Cl)c(F)c3)nc3cc(-c4c(C)noc4C)ccc32)CC1. The number of anilines is 1. The van der Waals surface area contributed by atoms with E-state index in [4.69, 9.17) is 30.6 Å². The fraction of sp³-hybridized carbons (Fsp3) is 0.433. The summed E-state index contributed by atoms with van der Waals surface area (Å²) in [7, 11) is 0. The Morgan fingerprint density at radius 3 is 2.60 bits per heavy atom. The molecule has 2 aromatic heterocycles. The van der Waals surface area contributed by atoms with E-state index in [0.717, 1.165) is 65.1 Å². The molecule has 1 saturated carbocycles. The molecule has 2 fully saturated rings. The van der Waals surface area contributed by atoms with E-state index in [-0.39, 0.29) is 23.8 Å². The van der Waals surface area contributed by atoms with Crippen LogP contribution in [0.5, 0.6) is 0 Å². The molecule has 40 heavy (non-hydrogen) atoms. The van der Waals surface area contributed by atoms with E-state index < -0.39 is 18.0 Å². The van der Waals surface area contributed by atoms with E-state index in [1.54, 1.807) is 6.07 Å². The molecule has 1 aliphatic carbocycles. The number of aryl methyl sites for hydroxylation is 2. The van der Waals surface area contributed by atoms with Crippen molar-refractivity contribution in [2.24, 2.45) is 0 Å². The predicted octanol–water partition coefficient (Wildman–Crippen LogP) is 7.71. The van der Waals surface area contributed by atoms with E-state index >= 15 is 0 Å². The van der Waals surface area contributed by atoms with E-state index in [2.05, 4.69) is 27.9 Å². The quantitative estimate of drug-likeness (QED) is 0.238. The summed E-state index contributed by atoms with van der Waals surface area (Å²) in [5.74, 6) is 0.914. The van der Waals surface area contributed by atoms with Gasteiger partial charge in [-0.3, -0.25) is 4.90 Å². The molecular weight excluding hydrogens is 535 g/mol. The van der Waals surface area contributed by atoms with Gasteiger partial charge in [0.05, 0.1) is 40.1 Å². The molecule has 2 aromatic carbocycles. The number of fused-ring (bicyclic) bond motifs is 1. The fourth-order valence-electron chi connectivity index (χ4n) is 6.24. The van der Waals surface area contributed by atoms with Crippen molar-refractivity contribution in [3.63, 3.8) is 0 Å². The molecule has 6 rings (SSSR count). The number of amides is 1.